The van der Waals surface area contributed by atoms with Crippen LogP contribution in [0.5, 0.6) is 5.75 Å². The van der Waals surface area contributed by atoms with E-state index in [1.54, 1.807) is 7.05 Å². The van der Waals surface area contributed by atoms with Gasteiger partial charge in [0.1, 0.15) is 11.9 Å². The van der Waals surface area contributed by atoms with Gasteiger partial charge in [0.25, 0.3) is 0 Å². The summed E-state index contributed by atoms with van der Waals surface area (Å²) in [5, 5.41) is 6.73. The van der Waals surface area contributed by atoms with Crippen LogP contribution >= 0.6 is 0 Å². The van der Waals surface area contributed by atoms with Gasteiger partial charge in [0, 0.05) is 50.8 Å². The van der Waals surface area contributed by atoms with E-state index in [2.05, 4.69) is 52.9 Å². The number of rotatable bonds is 7. The number of nitrogens with one attached hydrogen (secondary N) is 2. The summed E-state index contributed by atoms with van der Waals surface area (Å²) in [6, 6.07) is 14.4. The fourth-order valence-corrected chi connectivity index (χ4v) is 4.00. The maximum atomic E-state index is 11.9. The predicted molar refractivity (Wildman–Crippen MR) is 126 cm³/mol. The minimum Gasteiger partial charge on any atom is -0.488 e. The first-order valence-electron chi connectivity index (χ1n) is 11.3. The third-order valence-corrected chi connectivity index (χ3v) is 5.86. The first-order chi connectivity index (χ1) is 15.6. The Balaban J connectivity index is 1.31. The van der Waals surface area contributed by atoms with E-state index in [4.69, 9.17) is 9.47 Å². The zero-order valence-corrected chi connectivity index (χ0v) is 18.9. The fourth-order valence-electron chi connectivity index (χ4n) is 4.00. The van der Waals surface area contributed by atoms with Crippen LogP contribution in [-0.4, -0.2) is 44.8 Å². The van der Waals surface area contributed by atoms with Gasteiger partial charge in [-0.1, -0.05) is 24.3 Å². The Morgan fingerprint density at radius 2 is 2.00 bits per heavy atom. The Kier molecular flexibility index (Phi) is 7.27. The van der Waals surface area contributed by atoms with Crippen molar-refractivity contribution in [3.05, 3.63) is 59.2 Å². The molecular weight excluding hydrogens is 404 g/mol. The number of hydrogen-bond donors (Lipinski definition) is 2. The quantitative estimate of drug-likeness (QED) is 0.515. The van der Waals surface area contributed by atoms with Gasteiger partial charge in [-0.2, -0.15) is 0 Å². The zero-order chi connectivity index (χ0) is 22.3. The number of nitrogens with zero attached hydrogens (tertiary/aromatic N) is 2. The van der Waals surface area contributed by atoms with Gasteiger partial charge in [-0.05, 0) is 42.7 Å². The summed E-state index contributed by atoms with van der Waals surface area (Å²) < 4.78 is 11.6. The maximum absolute atomic E-state index is 11.9. The Bertz CT molecular complexity index is 952. The molecule has 2 heterocycles. The molecule has 1 unspecified atom stereocenters. The molecule has 4 rings (SSSR count). The lowest BCUT2D eigenvalue weighted by atomic mass is 10.1. The van der Waals surface area contributed by atoms with Crippen LogP contribution in [0, 0.1) is 6.92 Å². The van der Waals surface area contributed by atoms with E-state index < -0.39 is 0 Å². The molecule has 170 valence electrons. The molecule has 32 heavy (non-hydrogen) atoms. The highest BCUT2D eigenvalue weighted by molar-refractivity contribution is 5.95. The molecule has 0 saturated carbocycles. The topological polar surface area (TPSA) is 75.2 Å². The maximum Gasteiger partial charge on any atom is 0.227 e. The molecule has 2 saturated heterocycles. The molecule has 7 heteroatoms. The first kappa shape index (κ1) is 22.1. The molecule has 0 aliphatic carbocycles. The van der Waals surface area contributed by atoms with Crippen LogP contribution in [0.15, 0.2) is 47.5 Å². The van der Waals surface area contributed by atoms with Crippen molar-refractivity contribution in [3.8, 4) is 5.75 Å². The van der Waals surface area contributed by atoms with Crippen LogP contribution in [0.1, 0.15) is 36.0 Å². The minimum absolute atomic E-state index is 0.117. The van der Waals surface area contributed by atoms with E-state index in [0.29, 0.717) is 26.1 Å². The molecule has 2 fully saturated rings. The van der Waals surface area contributed by atoms with Crippen LogP contribution in [0.25, 0.3) is 0 Å². The van der Waals surface area contributed by atoms with E-state index >= 15 is 0 Å². The van der Waals surface area contributed by atoms with Crippen molar-refractivity contribution >= 4 is 17.6 Å². The second kappa shape index (κ2) is 10.5. The highest BCUT2D eigenvalue weighted by atomic mass is 16.5. The number of amides is 1. The summed E-state index contributed by atoms with van der Waals surface area (Å²) in [6.45, 7) is 5.54. The summed E-state index contributed by atoms with van der Waals surface area (Å²) in [5.74, 6) is 1.83. The molecule has 7 nitrogen and oxygen atoms in total. The second-order valence-corrected chi connectivity index (χ2v) is 8.31. The van der Waals surface area contributed by atoms with Gasteiger partial charge in [-0.25, -0.2) is 0 Å². The summed E-state index contributed by atoms with van der Waals surface area (Å²) in [4.78, 5) is 18.1. The minimum atomic E-state index is 0.117. The van der Waals surface area contributed by atoms with E-state index in [1.807, 2.05) is 17.0 Å². The Morgan fingerprint density at radius 1 is 1.19 bits per heavy atom. The number of hydrogen-bond acceptors (Lipinski definition) is 4. The molecule has 2 aliphatic rings. The number of aryl methyl sites for hydroxylation is 1. The first-order valence-corrected chi connectivity index (χ1v) is 11.3. The van der Waals surface area contributed by atoms with Gasteiger partial charge < -0.3 is 25.0 Å². The average Bonchev–Trinajstić information content (AvgIpc) is 3.47. The lowest BCUT2D eigenvalue weighted by Crippen LogP contribution is -2.36. The van der Waals surface area contributed by atoms with E-state index in [-0.39, 0.29) is 12.0 Å². The Morgan fingerprint density at radius 3 is 2.69 bits per heavy atom. The summed E-state index contributed by atoms with van der Waals surface area (Å²) in [7, 11) is 1.76. The van der Waals surface area contributed by atoms with Crippen molar-refractivity contribution in [1.82, 2.24) is 10.6 Å². The number of carbonyl (C=O) groups is 1. The second-order valence-electron chi connectivity index (χ2n) is 8.31. The molecule has 1 amide bonds. The SMILES string of the molecule is CN=C(NCc1ccc(N2CCCC2=O)cc1)NCc1ccc(C)cc1OC1CCOC1. The van der Waals surface area contributed by atoms with Gasteiger partial charge >= 0.3 is 0 Å². The molecule has 2 aliphatic heterocycles. The lowest BCUT2D eigenvalue weighted by molar-refractivity contribution is -0.117. The standard InChI is InChI=1S/C25H32N4O3/c1-18-5-8-20(23(14-18)32-22-11-13-31-17-22)16-28-25(26-2)27-15-19-6-9-21(10-7-19)29-12-3-4-24(29)30/h5-10,14,22H,3-4,11-13,15-17H2,1-2H3,(H2,26,27,28). The highest BCUT2D eigenvalue weighted by Crippen LogP contribution is 2.24. The number of aliphatic imine (C=N–C) groups is 1. The average molecular weight is 437 g/mol. The molecule has 2 aromatic carbocycles. The number of benzene rings is 2. The lowest BCUT2D eigenvalue weighted by Gasteiger charge is -2.18. The molecule has 0 aromatic heterocycles. The van der Waals surface area contributed by atoms with Crippen LogP contribution in [0.4, 0.5) is 5.69 Å². The third-order valence-electron chi connectivity index (χ3n) is 5.86. The third kappa shape index (κ3) is 5.59. The molecule has 2 aromatic rings. The molecule has 0 spiro atoms. The van der Waals surface area contributed by atoms with Gasteiger partial charge in [0.2, 0.25) is 5.91 Å². The van der Waals surface area contributed by atoms with Crippen molar-refractivity contribution in [3.63, 3.8) is 0 Å². The molecule has 1 atom stereocenters. The van der Waals surface area contributed by atoms with Crippen molar-refractivity contribution in [1.29, 1.82) is 0 Å². The van der Waals surface area contributed by atoms with Crippen LogP contribution in [0.3, 0.4) is 0 Å². The van der Waals surface area contributed by atoms with Crippen molar-refractivity contribution in [2.24, 2.45) is 4.99 Å². The van der Waals surface area contributed by atoms with Gasteiger partial charge in [0.05, 0.1) is 13.2 Å². The molecule has 0 radical (unpaired) electrons. The molecule has 2 N–H and O–H groups in total. The molecular formula is C25H32N4O3. The fraction of sp³-hybridized carbons (Fsp3) is 0.440. The van der Waals surface area contributed by atoms with Gasteiger partial charge in [-0.3, -0.25) is 9.79 Å². The number of ether oxygens (including phenoxy) is 2. The van der Waals surface area contributed by atoms with Gasteiger partial charge in [-0.15, -0.1) is 0 Å². The largest absolute Gasteiger partial charge is 0.488 e. The van der Waals surface area contributed by atoms with E-state index in [9.17, 15) is 4.79 Å². The summed E-state index contributed by atoms with van der Waals surface area (Å²) in [5.41, 5.74) is 4.36. The monoisotopic (exact) mass is 436 g/mol. The number of anilines is 1. The van der Waals surface area contributed by atoms with E-state index in [1.165, 1.54) is 5.56 Å². The number of guanidine groups is 1. The normalized spacial score (nSPS) is 18.8. The predicted octanol–water partition coefficient (Wildman–Crippen LogP) is 3.15. The number of carbonyl (C=O) groups excluding carboxylic acids is 1. The molecule has 0 bridgehead atoms. The summed E-state index contributed by atoms with van der Waals surface area (Å²) >= 11 is 0. The Hall–Kier alpha value is -3.06. The van der Waals surface area contributed by atoms with Crippen molar-refractivity contribution in [2.75, 3.05) is 31.7 Å². The van der Waals surface area contributed by atoms with Crippen molar-refractivity contribution in [2.45, 2.75) is 45.4 Å². The van der Waals surface area contributed by atoms with Crippen molar-refractivity contribution < 1.29 is 14.3 Å². The van der Waals surface area contributed by atoms with Crippen LogP contribution in [-0.2, 0) is 22.6 Å². The summed E-state index contributed by atoms with van der Waals surface area (Å²) in [6.07, 6.45) is 2.63. The Labute approximate surface area is 189 Å². The van der Waals surface area contributed by atoms with E-state index in [0.717, 1.165) is 54.5 Å². The smallest absolute Gasteiger partial charge is 0.227 e. The zero-order valence-electron chi connectivity index (χ0n) is 18.9. The van der Waals surface area contributed by atoms with Gasteiger partial charge in [0.15, 0.2) is 5.96 Å². The van der Waals surface area contributed by atoms with Crippen LogP contribution in [0.2, 0.25) is 0 Å². The highest BCUT2D eigenvalue weighted by Gasteiger charge is 2.21. The van der Waals surface area contributed by atoms with Crippen LogP contribution < -0.4 is 20.3 Å².